The van der Waals surface area contributed by atoms with Crippen molar-refractivity contribution in [2.75, 3.05) is 31.5 Å². The van der Waals surface area contributed by atoms with Crippen molar-refractivity contribution in [3.05, 3.63) is 28.8 Å². The maximum absolute atomic E-state index is 12.1. The maximum Gasteiger partial charge on any atom is 0.312 e. The molecule has 1 heterocycles. The van der Waals surface area contributed by atoms with Crippen molar-refractivity contribution in [2.24, 2.45) is 0 Å². The number of hydrogen-bond donors (Lipinski definition) is 1. The molecule has 22 heavy (non-hydrogen) atoms. The number of nitrogens with zero attached hydrogens (tertiary/aromatic N) is 2. The quantitative estimate of drug-likeness (QED) is 0.849. The zero-order chi connectivity index (χ0) is 16.3. The van der Waals surface area contributed by atoms with Gasteiger partial charge in [0.15, 0.2) is 0 Å². The van der Waals surface area contributed by atoms with Gasteiger partial charge in [-0.3, -0.25) is 14.4 Å². The van der Waals surface area contributed by atoms with Gasteiger partial charge in [0.1, 0.15) is 6.54 Å². The van der Waals surface area contributed by atoms with Gasteiger partial charge in [-0.25, -0.2) is 0 Å². The molecule has 0 aromatic heterocycles. The van der Waals surface area contributed by atoms with Crippen LogP contribution in [-0.2, 0) is 14.4 Å². The predicted octanol–water partition coefficient (Wildman–Crippen LogP) is 1.28. The van der Waals surface area contributed by atoms with E-state index in [2.05, 4.69) is 5.32 Å². The Kier molecular flexibility index (Phi) is 5.03. The minimum absolute atomic E-state index is 0.145. The van der Waals surface area contributed by atoms with Gasteiger partial charge in [-0.15, -0.1) is 0 Å². The minimum atomic E-state index is -0.633. The molecular formula is C15H18ClN3O3. The third-order valence-electron chi connectivity index (χ3n) is 3.59. The number of carbonyl (C=O) groups excluding carboxylic acids is 3. The minimum Gasteiger partial charge on any atom is -0.333 e. The van der Waals surface area contributed by atoms with E-state index in [0.717, 1.165) is 5.56 Å². The van der Waals surface area contributed by atoms with E-state index in [1.807, 2.05) is 13.8 Å². The number of benzene rings is 1. The number of rotatable bonds is 4. The van der Waals surface area contributed by atoms with E-state index in [1.54, 1.807) is 18.2 Å². The normalized spacial score (nSPS) is 15.2. The molecule has 0 atom stereocenters. The lowest BCUT2D eigenvalue weighted by molar-refractivity contribution is -0.156. The molecular weight excluding hydrogens is 306 g/mol. The second-order valence-electron chi connectivity index (χ2n) is 5.12. The first-order valence-corrected chi connectivity index (χ1v) is 7.44. The van der Waals surface area contributed by atoms with Crippen LogP contribution >= 0.6 is 11.6 Å². The Labute approximate surface area is 134 Å². The van der Waals surface area contributed by atoms with Gasteiger partial charge in [-0.2, -0.15) is 0 Å². The van der Waals surface area contributed by atoms with Crippen LogP contribution in [0.4, 0.5) is 5.69 Å². The highest BCUT2D eigenvalue weighted by Gasteiger charge is 2.32. The lowest BCUT2D eigenvalue weighted by Gasteiger charge is -2.32. The molecule has 1 saturated heterocycles. The van der Waals surface area contributed by atoms with Gasteiger partial charge in [-0.1, -0.05) is 17.7 Å². The fraction of sp³-hybridized carbons (Fsp3) is 0.400. The van der Waals surface area contributed by atoms with Gasteiger partial charge in [0.25, 0.3) is 0 Å². The van der Waals surface area contributed by atoms with Crippen LogP contribution in [0, 0.1) is 6.92 Å². The van der Waals surface area contributed by atoms with Gasteiger partial charge in [0.05, 0.1) is 0 Å². The van der Waals surface area contributed by atoms with E-state index in [9.17, 15) is 14.4 Å². The Morgan fingerprint density at radius 2 is 1.86 bits per heavy atom. The fourth-order valence-electron chi connectivity index (χ4n) is 2.26. The van der Waals surface area contributed by atoms with Gasteiger partial charge in [0.2, 0.25) is 5.91 Å². The molecule has 1 N–H and O–H groups in total. The molecule has 1 aromatic carbocycles. The standard InChI is InChI=1S/C15H18ClN3O3/c1-3-18-6-7-19(15(22)14(18)21)9-13(20)17-12-8-11(16)5-4-10(12)2/h4-5,8H,3,6-7,9H2,1-2H3,(H,17,20). The molecule has 3 amide bonds. The summed E-state index contributed by atoms with van der Waals surface area (Å²) >= 11 is 5.90. The highest BCUT2D eigenvalue weighted by atomic mass is 35.5. The van der Waals surface area contributed by atoms with Crippen molar-refractivity contribution in [1.29, 1.82) is 0 Å². The number of hydrogen-bond acceptors (Lipinski definition) is 3. The predicted molar refractivity (Wildman–Crippen MR) is 83.7 cm³/mol. The average Bonchev–Trinajstić information content (AvgIpc) is 2.48. The van der Waals surface area contributed by atoms with Crippen LogP contribution in [-0.4, -0.2) is 53.7 Å². The van der Waals surface area contributed by atoms with Crippen LogP contribution in [0.25, 0.3) is 0 Å². The molecule has 2 rings (SSSR count). The molecule has 1 fully saturated rings. The number of halogens is 1. The Morgan fingerprint density at radius 1 is 1.23 bits per heavy atom. The maximum atomic E-state index is 12.1. The highest BCUT2D eigenvalue weighted by molar-refractivity contribution is 6.35. The lowest BCUT2D eigenvalue weighted by Crippen LogP contribution is -2.55. The molecule has 1 aromatic rings. The molecule has 0 unspecified atom stereocenters. The van der Waals surface area contributed by atoms with E-state index in [4.69, 9.17) is 11.6 Å². The van der Waals surface area contributed by atoms with Crippen molar-refractivity contribution in [1.82, 2.24) is 9.80 Å². The number of aryl methyl sites for hydroxylation is 1. The summed E-state index contributed by atoms with van der Waals surface area (Å²) in [6.07, 6.45) is 0. The van der Waals surface area contributed by atoms with Crippen molar-refractivity contribution in [3.63, 3.8) is 0 Å². The van der Waals surface area contributed by atoms with Gasteiger partial charge < -0.3 is 15.1 Å². The van der Waals surface area contributed by atoms with Crippen molar-refractivity contribution in [3.8, 4) is 0 Å². The van der Waals surface area contributed by atoms with E-state index in [-0.39, 0.29) is 12.5 Å². The Bertz CT molecular complexity index is 618. The Morgan fingerprint density at radius 3 is 2.55 bits per heavy atom. The number of anilines is 1. The zero-order valence-electron chi connectivity index (χ0n) is 12.6. The van der Waals surface area contributed by atoms with Crippen molar-refractivity contribution >= 4 is 35.0 Å². The molecule has 0 aliphatic carbocycles. The van der Waals surface area contributed by atoms with Crippen LogP contribution in [0.15, 0.2) is 18.2 Å². The topological polar surface area (TPSA) is 69.7 Å². The molecule has 1 aliphatic rings. The summed E-state index contributed by atoms with van der Waals surface area (Å²) in [6.45, 7) is 4.82. The molecule has 0 bridgehead atoms. The van der Waals surface area contributed by atoms with Gasteiger partial charge in [0, 0.05) is 30.3 Å². The number of carbonyl (C=O) groups is 3. The SMILES string of the molecule is CCN1CCN(CC(=O)Nc2cc(Cl)ccc2C)C(=O)C1=O. The largest absolute Gasteiger partial charge is 0.333 e. The molecule has 118 valence electrons. The first kappa shape index (κ1) is 16.3. The van der Waals surface area contributed by atoms with Crippen LogP contribution in [0.3, 0.4) is 0 Å². The zero-order valence-corrected chi connectivity index (χ0v) is 13.3. The third-order valence-corrected chi connectivity index (χ3v) is 3.82. The number of likely N-dealkylation sites (N-methyl/N-ethyl adjacent to an activating group) is 1. The van der Waals surface area contributed by atoms with E-state index >= 15 is 0 Å². The van der Waals surface area contributed by atoms with Crippen molar-refractivity contribution in [2.45, 2.75) is 13.8 Å². The Hall–Kier alpha value is -2.08. The van der Waals surface area contributed by atoms with Crippen LogP contribution in [0.2, 0.25) is 5.02 Å². The molecule has 0 spiro atoms. The second-order valence-corrected chi connectivity index (χ2v) is 5.56. The summed E-state index contributed by atoms with van der Waals surface area (Å²) in [5, 5.41) is 3.23. The van der Waals surface area contributed by atoms with Crippen LogP contribution < -0.4 is 5.32 Å². The summed E-state index contributed by atoms with van der Waals surface area (Å²) in [6, 6.07) is 5.18. The van der Waals surface area contributed by atoms with Crippen LogP contribution in [0.5, 0.6) is 0 Å². The van der Waals surface area contributed by atoms with E-state index in [0.29, 0.717) is 30.3 Å². The number of piperazine rings is 1. The smallest absolute Gasteiger partial charge is 0.312 e. The third kappa shape index (κ3) is 3.57. The van der Waals surface area contributed by atoms with Crippen LogP contribution in [0.1, 0.15) is 12.5 Å². The van der Waals surface area contributed by atoms with Crippen molar-refractivity contribution < 1.29 is 14.4 Å². The molecule has 0 saturated carbocycles. The lowest BCUT2D eigenvalue weighted by atomic mass is 10.2. The molecule has 7 heteroatoms. The molecule has 0 radical (unpaired) electrons. The summed E-state index contributed by atoms with van der Waals surface area (Å²) in [4.78, 5) is 38.5. The van der Waals surface area contributed by atoms with Gasteiger partial charge >= 0.3 is 11.8 Å². The van der Waals surface area contributed by atoms with Gasteiger partial charge in [-0.05, 0) is 31.5 Å². The summed E-state index contributed by atoms with van der Waals surface area (Å²) in [5.74, 6) is -1.54. The molecule has 6 nitrogen and oxygen atoms in total. The first-order valence-electron chi connectivity index (χ1n) is 7.06. The van der Waals surface area contributed by atoms with E-state index < -0.39 is 11.8 Å². The summed E-state index contributed by atoms with van der Waals surface area (Å²) in [7, 11) is 0. The fourth-order valence-corrected chi connectivity index (χ4v) is 2.43. The summed E-state index contributed by atoms with van der Waals surface area (Å²) in [5.41, 5.74) is 1.47. The first-order chi connectivity index (χ1) is 10.4. The highest BCUT2D eigenvalue weighted by Crippen LogP contribution is 2.20. The molecule has 1 aliphatic heterocycles. The Balaban J connectivity index is 1.99. The number of amides is 3. The monoisotopic (exact) mass is 323 g/mol. The van der Waals surface area contributed by atoms with E-state index in [1.165, 1.54) is 9.80 Å². The second kappa shape index (κ2) is 6.79. The number of nitrogens with one attached hydrogen (secondary N) is 1. The summed E-state index contributed by atoms with van der Waals surface area (Å²) < 4.78 is 0. The average molecular weight is 324 g/mol.